The van der Waals surface area contributed by atoms with E-state index in [-0.39, 0.29) is 5.60 Å². The summed E-state index contributed by atoms with van der Waals surface area (Å²) in [6.45, 7) is 9.44. The van der Waals surface area contributed by atoms with Crippen molar-refractivity contribution in [1.82, 2.24) is 4.90 Å². The number of halogens is 1. The van der Waals surface area contributed by atoms with Crippen molar-refractivity contribution in [3.05, 3.63) is 0 Å². The smallest absolute Gasteiger partial charge is 0.0600 e. The summed E-state index contributed by atoms with van der Waals surface area (Å²) in [5.41, 5.74) is -0.0161. The molecule has 96 valence electrons. The van der Waals surface area contributed by atoms with Crippen LogP contribution in [-0.4, -0.2) is 42.1 Å². The Hall–Kier alpha value is 0.210. The zero-order valence-corrected chi connectivity index (χ0v) is 11.7. The van der Waals surface area contributed by atoms with Crippen LogP contribution in [0.5, 0.6) is 0 Å². The van der Waals surface area contributed by atoms with Gasteiger partial charge in [-0.05, 0) is 46.6 Å². The molecule has 0 saturated carbocycles. The average Bonchev–Trinajstić information content (AvgIpc) is 2.19. The highest BCUT2D eigenvalue weighted by molar-refractivity contribution is 6.17. The highest BCUT2D eigenvalue weighted by Gasteiger charge is 2.21. The van der Waals surface area contributed by atoms with Gasteiger partial charge in [-0.2, -0.15) is 0 Å². The molecule has 0 amide bonds. The topological polar surface area (TPSA) is 12.5 Å². The van der Waals surface area contributed by atoms with Crippen LogP contribution in [0.25, 0.3) is 0 Å². The summed E-state index contributed by atoms with van der Waals surface area (Å²) in [7, 11) is 0. The third kappa shape index (κ3) is 5.51. The number of piperidine rings is 1. The summed E-state index contributed by atoms with van der Waals surface area (Å²) in [4.78, 5) is 2.55. The largest absolute Gasteiger partial charge is 0.375 e. The molecule has 1 atom stereocenters. The van der Waals surface area contributed by atoms with Gasteiger partial charge in [0.15, 0.2) is 0 Å². The van der Waals surface area contributed by atoms with E-state index >= 15 is 0 Å². The lowest BCUT2D eigenvalue weighted by atomic mass is 10.0. The summed E-state index contributed by atoms with van der Waals surface area (Å²) in [6, 6.07) is 0.690. The molecule has 0 aromatic rings. The number of ether oxygens (including phenoxy) is 1. The molecule has 0 aliphatic carbocycles. The predicted molar refractivity (Wildman–Crippen MR) is 70.3 cm³/mol. The van der Waals surface area contributed by atoms with Crippen LogP contribution in [0.1, 0.15) is 46.5 Å². The molecule has 1 rings (SSSR count). The standard InChI is InChI=1S/C13H26ClNO/c1-13(2,3)16-11-10-15-9-5-4-6-12(15)7-8-14/h12H,4-11H2,1-3H3. The fraction of sp³-hybridized carbons (Fsp3) is 1.00. The first-order valence-corrected chi connectivity index (χ1v) is 7.00. The van der Waals surface area contributed by atoms with Gasteiger partial charge >= 0.3 is 0 Å². The van der Waals surface area contributed by atoms with Crippen molar-refractivity contribution in [1.29, 1.82) is 0 Å². The lowest BCUT2D eigenvalue weighted by Crippen LogP contribution is -2.42. The fourth-order valence-corrected chi connectivity index (χ4v) is 2.53. The molecule has 1 heterocycles. The molecule has 0 aromatic heterocycles. The molecule has 0 N–H and O–H groups in total. The van der Waals surface area contributed by atoms with E-state index in [1.165, 1.54) is 25.8 Å². The molecule has 1 aliphatic rings. The van der Waals surface area contributed by atoms with Gasteiger partial charge in [0, 0.05) is 18.5 Å². The van der Waals surface area contributed by atoms with Crippen molar-refractivity contribution in [2.45, 2.75) is 58.1 Å². The Morgan fingerprint density at radius 1 is 1.31 bits per heavy atom. The van der Waals surface area contributed by atoms with Crippen molar-refractivity contribution >= 4 is 11.6 Å². The second-order valence-electron chi connectivity index (χ2n) is 5.62. The van der Waals surface area contributed by atoms with Gasteiger partial charge in [-0.25, -0.2) is 0 Å². The van der Waals surface area contributed by atoms with Crippen molar-refractivity contribution < 1.29 is 4.74 Å². The van der Waals surface area contributed by atoms with Gasteiger partial charge in [0.2, 0.25) is 0 Å². The van der Waals surface area contributed by atoms with Gasteiger partial charge in [-0.1, -0.05) is 6.42 Å². The second-order valence-corrected chi connectivity index (χ2v) is 6.00. The Bertz CT molecular complexity index is 189. The minimum atomic E-state index is -0.0161. The molecule has 0 aromatic carbocycles. The third-order valence-electron chi connectivity index (χ3n) is 3.10. The van der Waals surface area contributed by atoms with Crippen molar-refractivity contribution in [2.24, 2.45) is 0 Å². The van der Waals surface area contributed by atoms with Gasteiger partial charge < -0.3 is 4.74 Å². The molecule has 0 spiro atoms. The van der Waals surface area contributed by atoms with Crippen molar-refractivity contribution in [2.75, 3.05) is 25.6 Å². The van der Waals surface area contributed by atoms with Crippen LogP contribution in [0.4, 0.5) is 0 Å². The first-order chi connectivity index (χ1) is 7.53. The molecular weight excluding hydrogens is 222 g/mol. The van der Waals surface area contributed by atoms with E-state index in [9.17, 15) is 0 Å². The Labute approximate surface area is 105 Å². The molecule has 1 saturated heterocycles. The SMILES string of the molecule is CC(C)(C)OCCN1CCCCC1CCCl. The highest BCUT2D eigenvalue weighted by Crippen LogP contribution is 2.20. The van der Waals surface area contributed by atoms with Crippen molar-refractivity contribution in [3.8, 4) is 0 Å². The summed E-state index contributed by atoms with van der Waals surface area (Å²) >= 11 is 5.85. The van der Waals surface area contributed by atoms with Gasteiger partial charge in [0.25, 0.3) is 0 Å². The summed E-state index contributed by atoms with van der Waals surface area (Å²) in [5.74, 6) is 0.779. The third-order valence-corrected chi connectivity index (χ3v) is 3.32. The van der Waals surface area contributed by atoms with E-state index in [0.717, 1.165) is 25.5 Å². The zero-order chi connectivity index (χ0) is 12.0. The number of nitrogens with zero attached hydrogens (tertiary/aromatic N) is 1. The van der Waals surface area contributed by atoms with E-state index in [1.807, 2.05) is 0 Å². The van der Waals surface area contributed by atoms with Gasteiger partial charge in [0.05, 0.1) is 12.2 Å². The van der Waals surface area contributed by atoms with E-state index in [2.05, 4.69) is 25.7 Å². The first kappa shape index (κ1) is 14.3. The maximum Gasteiger partial charge on any atom is 0.0600 e. The summed E-state index contributed by atoms with van der Waals surface area (Å²) in [6.07, 6.45) is 5.12. The molecule has 0 radical (unpaired) electrons. The minimum absolute atomic E-state index is 0.0161. The van der Waals surface area contributed by atoms with Gasteiger partial charge in [0.1, 0.15) is 0 Å². The first-order valence-electron chi connectivity index (χ1n) is 6.47. The zero-order valence-electron chi connectivity index (χ0n) is 11.0. The number of hydrogen-bond acceptors (Lipinski definition) is 2. The molecule has 1 aliphatic heterocycles. The van der Waals surface area contributed by atoms with Crippen LogP contribution in [0, 0.1) is 0 Å². The van der Waals surface area contributed by atoms with Crippen molar-refractivity contribution in [3.63, 3.8) is 0 Å². The molecule has 1 fully saturated rings. The molecule has 3 heteroatoms. The van der Waals surface area contributed by atoms with Crippen LogP contribution in [0.2, 0.25) is 0 Å². The van der Waals surface area contributed by atoms with Gasteiger partial charge in [-0.15, -0.1) is 11.6 Å². The van der Waals surface area contributed by atoms with Crippen LogP contribution < -0.4 is 0 Å². The van der Waals surface area contributed by atoms with Crippen LogP contribution >= 0.6 is 11.6 Å². The quantitative estimate of drug-likeness (QED) is 0.692. The lowest BCUT2D eigenvalue weighted by Gasteiger charge is -2.36. The maximum atomic E-state index is 5.85. The van der Waals surface area contributed by atoms with E-state index in [0.29, 0.717) is 6.04 Å². The number of alkyl halides is 1. The fourth-order valence-electron chi connectivity index (χ4n) is 2.28. The van der Waals surface area contributed by atoms with Crippen LogP contribution in [-0.2, 0) is 4.74 Å². The van der Waals surface area contributed by atoms with Gasteiger partial charge in [-0.3, -0.25) is 4.90 Å². The maximum absolute atomic E-state index is 5.85. The molecular formula is C13H26ClNO. The molecule has 2 nitrogen and oxygen atoms in total. The number of rotatable bonds is 5. The monoisotopic (exact) mass is 247 g/mol. The van der Waals surface area contributed by atoms with Crippen LogP contribution in [0.15, 0.2) is 0 Å². The Balaban J connectivity index is 2.27. The summed E-state index contributed by atoms with van der Waals surface area (Å²) < 4.78 is 5.78. The van der Waals surface area contributed by atoms with Crippen LogP contribution in [0.3, 0.4) is 0 Å². The highest BCUT2D eigenvalue weighted by atomic mass is 35.5. The Morgan fingerprint density at radius 3 is 2.69 bits per heavy atom. The van der Waals surface area contributed by atoms with E-state index < -0.39 is 0 Å². The number of hydrogen-bond donors (Lipinski definition) is 0. The second kappa shape index (κ2) is 6.83. The summed E-state index contributed by atoms with van der Waals surface area (Å²) in [5, 5.41) is 0. The average molecular weight is 248 g/mol. The van der Waals surface area contributed by atoms with E-state index in [1.54, 1.807) is 0 Å². The predicted octanol–water partition coefficient (Wildman–Crippen LogP) is 3.28. The molecule has 16 heavy (non-hydrogen) atoms. The van der Waals surface area contributed by atoms with E-state index in [4.69, 9.17) is 16.3 Å². The Morgan fingerprint density at radius 2 is 2.06 bits per heavy atom. The number of likely N-dealkylation sites (tertiary alicyclic amines) is 1. The Kier molecular flexibility index (Phi) is 6.09. The lowest BCUT2D eigenvalue weighted by molar-refractivity contribution is -0.0212. The molecule has 1 unspecified atom stereocenters. The minimum Gasteiger partial charge on any atom is -0.375 e. The molecule has 0 bridgehead atoms. The normalized spacial score (nSPS) is 23.6.